The molecule has 1 aliphatic heterocycles. The molecule has 0 aromatic rings. The lowest BCUT2D eigenvalue weighted by Crippen LogP contribution is -2.42. The van der Waals surface area contributed by atoms with Gasteiger partial charge in [-0.1, -0.05) is 26.7 Å². The molecule has 14 heavy (non-hydrogen) atoms. The lowest BCUT2D eigenvalue weighted by Gasteiger charge is -2.32. The molecule has 1 fully saturated rings. The molecule has 0 saturated carbocycles. The van der Waals surface area contributed by atoms with Crippen molar-refractivity contribution in [2.75, 3.05) is 13.1 Å². The minimum absolute atomic E-state index is 0.679. The minimum atomic E-state index is 0.679. The van der Waals surface area contributed by atoms with E-state index in [4.69, 9.17) is 5.73 Å². The molecule has 1 rings (SSSR count). The van der Waals surface area contributed by atoms with Gasteiger partial charge in [-0.15, -0.1) is 0 Å². The van der Waals surface area contributed by atoms with Gasteiger partial charge >= 0.3 is 0 Å². The van der Waals surface area contributed by atoms with E-state index in [1.54, 1.807) is 0 Å². The zero-order valence-corrected chi connectivity index (χ0v) is 9.84. The molecule has 0 aliphatic carbocycles. The topological polar surface area (TPSA) is 29.3 Å². The Morgan fingerprint density at radius 3 is 2.43 bits per heavy atom. The molecule has 0 radical (unpaired) electrons. The molecule has 1 saturated heterocycles. The lowest BCUT2D eigenvalue weighted by molar-refractivity contribution is 0.163. The van der Waals surface area contributed by atoms with Gasteiger partial charge in [-0.25, -0.2) is 0 Å². The van der Waals surface area contributed by atoms with Crippen LogP contribution in [0, 0.1) is 0 Å². The van der Waals surface area contributed by atoms with Crippen LogP contribution in [0.5, 0.6) is 0 Å². The quantitative estimate of drug-likeness (QED) is 0.710. The summed E-state index contributed by atoms with van der Waals surface area (Å²) in [6.07, 6.45) is 7.98. The second-order valence-electron chi connectivity index (χ2n) is 4.50. The zero-order chi connectivity index (χ0) is 10.4. The predicted molar refractivity (Wildman–Crippen MR) is 62.4 cm³/mol. The van der Waals surface area contributed by atoms with E-state index >= 15 is 0 Å². The molecule has 2 nitrogen and oxygen atoms in total. The molecule has 84 valence electrons. The first-order valence-electron chi connectivity index (χ1n) is 6.29. The molecule has 0 amide bonds. The molecule has 0 bridgehead atoms. The first-order valence-corrected chi connectivity index (χ1v) is 6.29. The van der Waals surface area contributed by atoms with Crippen LogP contribution in [0.15, 0.2) is 0 Å². The van der Waals surface area contributed by atoms with Crippen LogP contribution in [0.2, 0.25) is 0 Å². The third-order valence-corrected chi connectivity index (χ3v) is 3.41. The molecule has 0 aromatic carbocycles. The Bertz CT molecular complexity index is 141. The molecule has 1 atom stereocenters. The summed E-state index contributed by atoms with van der Waals surface area (Å²) in [7, 11) is 0. The maximum atomic E-state index is 5.81. The van der Waals surface area contributed by atoms with E-state index in [1.165, 1.54) is 45.1 Å². The maximum Gasteiger partial charge on any atom is 0.0221 e. The van der Waals surface area contributed by atoms with E-state index in [9.17, 15) is 0 Å². The second-order valence-corrected chi connectivity index (χ2v) is 4.50. The standard InChI is InChI=1S/C12H26N2/c1-3-6-11(7-4-2)14-9-5-8-12(14)10-13/h11-12H,3-10,13H2,1-2H3. The summed E-state index contributed by atoms with van der Waals surface area (Å²) < 4.78 is 0. The highest BCUT2D eigenvalue weighted by atomic mass is 15.2. The van der Waals surface area contributed by atoms with Gasteiger partial charge in [0.2, 0.25) is 0 Å². The number of nitrogens with two attached hydrogens (primary N) is 1. The van der Waals surface area contributed by atoms with Crippen LogP contribution in [-0.4, -0.2) is 30.1 Å². The van der Waals surface area contributed by atoms with Crippen molar-refractivity contribution >= 4 is 0 Å². The largest absolute Gasteiger partial charge is 0.329 e. The lowest BCUT2D eigenvalue weighted by atomic mass is 10.0. The summed E-state index contributed by atoms with van der Waals surface area (Å²) in [6.45, 7) is 6.71. The van der Waals surface area contributed by atoms with Crippen LogP contribution in [0.4, 0.5) is 0 Å². The Morgan fingerprint density at radius 2 is 1.93 bits per heavy atom. The van der Waals surface area contributed by atoms with Crippen LogP contribution in [0.3, 0.4) is 0 Å². The van der Waals surface area contributed by atoms with Crippen molar-refractivity contribution in [2.24, 2.45) is 5.73 Å². The van der Waals surface area contributed by atoms with E-state index in [2.05, 4.69) is 18.7 Å². The Morgan fingerprint density at radius 1 is 1.29 bits per heavy atom. The van der Waals surface area contributed by atoms with Gasteiger partial charge in [-0.3, -0.25) is 4.90 Å². The number of hydrogen-bond acceptors (Lipinski definition) is 2. The first-order chi connectivity index (χ1) is 6.83. The van der Waals surface area contributed by atoms with Gasteiger partial charge in [0.05, 0.1) is 0 Å². The van der Waals surface area contributed by atoms with Crippen molar-refractivity contribution in [3.63, 3.8) is 0 Å². The fourth-order valence-electron chi connectivity index (χ4n) is 2.73. The number of hydrogen-bond donors (Lipinski definition) is 1. The normalized spacial score (nSPS) is 23.6. The van der Waals surface area contributed by atoms with Crippen molar-refractivity contribution in [3.8, 4) is 0 Å². The van der Waals surface area contributed by atoms with Crippen molar-refractivity contribution in [1.82, 2.24) is 4.90 Å². The summed E-state index contributed by atoms with van der Waals surface area (Å²) >= 11 is 0. The van der Waals surface area contributed by atoms with Gasteiger partial charge in [-0.2, -0.15) is 0 Å². The average molecular weight is 198 g/mol. The fourth-order valence-corrected chi connectivity index (χ4v) is 2.73. The van der Waals surface area contributed by atoms with Crippen molar-refractivity contribution in [1.29, 1.82) is 0 Å². The molecule has 1 unspecified atom stereocenters. The summed E-state index contributed by atoms with van der Waals surface area (Å²) in [6, 6.07) is 1.49. The highest BCUT2D eigenvalue weighted by Crippen LogP contribution is 2.24. The van der Waals surface area contributed by atoms with E-state index in [-0.39, 0.29) is 0 Å². The Balaban J connectivity index is 2.47. The molecule has 1 heterocycles. The van der Waals surface area contributed by atoms with Crippen LogP contribution in [-0.2, 0) is 0 Å². The highest BCUT2D eigenvalue weighted by Gasteiger charge is 2.28. The number of nitrogens with zero attached hydrogens (tertiary/aromatic N) is 1. The fraction of sp³-hybridized carbons (Fsp3) is 1.00. The van der Waals surface area contributed by atoms with E-state index in [0.717, 1.165) is 12.6 Å². The van der Waals surface area contributed by atoms with Crippen LogP contribution in [0.25, 0.3) is 0 Å². The van der Waals surface area contributed by atoms with Gasteiger partial charge in [0.15, 0.2) is 0 Å². The third kappa shape index (κ3) is 2.96. The Labute approximate surface area is 88.8 Å². The van der Waals surface area contributed by atoms with Crippen molar-refractivity contribution < 1.29 is 0 Å². The van der Waals surface area contributed by atoms with E-state index in [1.807, 2.05) is 0 Å². The minimum Gasteiger partial charge on any atom is -0.329 e. The van der Waals surface area contributed by atoms with E-state index in [0.29, 0.717) is 6.04 Å². The van der Waals surface area contributed by atoms with Gasteiger partial charge in [-0.05, 0) is 32.2 Å². The van der Waals surface area contributed by atoms with Gasteiger partial charge < -0.3 is 5.73 Å². The van der Waals surface area contributed by atoms with Gasteiger partial charge in [0, 0.05) is 18.6 Å². The summed E-state index contributed by atoms with van der Waals surface area (Å²) in [5, 5.41) is 0. The van der Waals surface area contributed by atoms with Crippen LogP contribution in [0.1, 0.15) is 52.4 Å². The zero-order valence-electron chi connectivity index (χ0n) is 9.84. The summed E-state index contributed by atoms with van der Waals surface area (Å²) in [5.74, 6) is 0. The van der Waals surface area contributed by atoms with Crippen molar-refractivity contribution in [3.05, 3.63) is 0 Å². The monoisotopic (exact) mass is 198 g/mol. The molecular formula is C12H26N2. The molecule has 1 aliphatic rings. The molecule has 0 aromatic heterocycles. The Hall–Kier alpha value is -0.0800. The number of likely N-dealkylation sites (tertiary alicyclic amines) is 1. The Kier molecular flexibility index (Phi) is 5.49. The maximum absolute atomic E-state index is 5.81. The third-order valence-electron chi connectivity index (χ3n) is 3.41. The van der Waals surface area contributed by atoms with Crippen LogP contribution < -0.4 is 5.73 Å². The SMILES string of the molecule is CCCC(CCC)N1CCCC1CN. The molecule has 2 N–H and O–H groups in total. The second kappa shape index (κ2) is 6.41. The van der Waals surface area contributed by atoms with Crippen molar-refractivity contribution in [2.45, 2.75) is 64.5 Å². The number of rotatable bonds is 6. The van der Waals surface area contributed by atoms with Gasteiger partial charge in [0.1, 0.15) is 0 Å². The molecule has 2 heteroatoms. The predicted octanol–water partition coefficient (Wildman–Crippen LogP) is 2.38. The smallest absolute Gasteiger partial charge is 0.0221 e. The molecular weight excluding hydrogens is 172 g/mol. The van der Waals surface area contributed by atoms with Gasteiger partial charge in [0.25, 0.3) is 0 Å². The summed E-state index contributed by atoms with van der Waals surface area (Å²) in [4.78, 5) is 2.67. The first kappa shape index (κ1) is 12.0. The molecule has 0 spiro atoms. The highest BCUT2D eigenvalue weighted by molar-refractivity contribution is 4.85. The van der Waals surface area contributed by atoms with Crippen LogP contribution >= 0.6 is 0 Å². The van der Waals surface area contributed by atoms with E-state index < -0.39 is 0 Å². The summed E-state index contributed by atoms with van der Waals surface area (Å²) in [5.41, 5.74) is 5.81. The average Bonchev–Trinajstić information content (AvgIpc) is 2.65.